The predicted molar refractivity (Wildman–Crippen MR) is 86.5 cm³/mol. The molecule has 0 aliphatic carbocycles. The van der Waals surface area contributed by atoms with Gasteiger partial charge in [-0.05, 0) is 40.2 Å². The average molecular weight is 370 g/mol. The predicted octanol–water partition coefficient (Wildman–Crippen LogP) is 3.55. The number of phenolic OH excluding ortho intramolecular Hbond substituents is 4. The summed E-state index contributed by atoms with van der Waals surface area (Å²) < 4.78 is 0.299. The van der Waals surface area contributed by atoms with E-state index in [4.69, 9.17) is 0 Å². The molecule has 0 aliphatic heterocycles. The molecule has 0 aliphatic rings. The molecule has 2 aromatic carbocycles. The Morgan fingerprint density at radius 2 is 1.45 bits per heavy atom. The number of phenols is 4. The van der Waals surface area contributed by atoms with Gasteiger partial charge in [-0.15, -0.1) is 0 Å². The van der Waals surface area contributed by atoms with Crippen molar-refractivity contribution in [3.05, 3.63) is 40.4 Å². The average Bonchev–Trinajstić information content (AvgIpc) is 2.48. The van der Waals surface area contributed by atoms with E-state index >= 15 is 0 Å². The minimum atomic E-state index is -0.558. The van der Waals surface area contributed by atoms with Crippen LogP contribution in [0, 0.1) is 0 Å². The largest absolute Gasteiger partial charge is 0.504 e. The number of halogens is 1. The summed E-state index contributed by atoms with van der Waals surface area (Å²) >= 11 is 3.10. The van der Waals surface area contributed by atoms with Crippen molar-refractivity contribution in [2.75, 3.05) is 5.32 Å². The summed E-state index contributed by atoms with van der Waals surface area (Å²) in [5, 5.41) is 39.7. The molecule has 0 spiro atoms. The number of hydrogen-bond acceptors (Lipinski definition) is 5. The summed E-state index contributed by atoms with van der Waals surface area (Å²) in [5.41, 5.74) is 0.373. The second kappa shape index (κ2) is 7.56. The van der Waals surface area contributed by atoms with Gasteiger partial charge in [-0.25, -0.2) is 0 Å². The summed E-state index contributed by atoms with van der Waals surface area (Å²) in [6.07, 6.45) is 0. The quantitative estimate of drug-likeness (QED) is 0.410. The maximum atomic E-state index is 12.0. The normalized spacial score (nSPS) is 9.59. The molecule has 0 bridgehead atoms. The highest BCUT2D eigenvalue weighted by Crippen LogP contribution is 2.32. The molecule has 6 nitrogen and oxygen atoms in total. The standard InChI is InChI=1S/C13H10BrNO5.C2H6/c14-8-5-12(19)11(18)4-7(8)13(20)15-6-1-2-9(16)10(17)3-6;1-2/h1-5,16-19H,(H,15,20);1-2H3. The first-order valence-corrected chi connectivity index (χ1v) is 7.22. The molecule has 118 valence electrons. The number of amides is 1. The van der Waals surface area contributed by atoms with Gasteiger partial charge in [-0.1, -0.05) is 13.8 Å². The van der Waals surface area contributed by atoms with Crippen LogP contribution in [0.25, 0.3) is 0 Å². The van der Waals surface area contributed by atoms with Crippen molar-refractivity contribution >= 4 is 27.5 Å². The van der Waals surface area contributed by atoms with Crippen molar-refractivity contribution in [1.82, 2.24) is 0 Å². The van der Waals surface area contributed by atoms with Gasteiger partial charge in [0, 0.05) is 16.2 Å². The molecule has 1 amide bonds. The SMILES string of the molecule is CC.O=C(Nc1ccc(O)c(O)c1)c1cc(O)c(O)cc1Br. The van der Waals surface area contributed by atoms with E-state index in [1.54, 1.807) is 0 Å². The third kappa shape index (κ3) is 4.05. The van der Waals surface area contributed by atoms with Crippen molar-refractivity contribution in [3.8, 4) is 23.0 Å². The van der Waals surface area contributed by atoms with Crippen LogP contribution >= 0.6 is 15.9 Å². The van der Waals surface area contributed by atoms with Crippen molar-refractivity contribution in [1.29, 1.82) is 0 Å². The number of carbonyl (C=O) groups is 1. The van der Waals surface area contributed by atoms with Gasteiger partial charge in [-0.3, -0.25) is 4.79 Å². The Hall–Kier alpha value is -2.41. The highest BCUT2D eigenvalue weighted by molar-refractivity contribution is 9.10. The third-order valence-electron chi connectivity index (χ3n) is 2.54. The van der Waals surface area contributed by atoms with Gasteiger partial charge in [0.15, 0.2) is 23.0 Å². The van der Waals surface area contributed by atoms with Gasteiger partial charge in [0.25, 0.3) is 5.91 Å². The zero-order valence-electron chi connectivity index (χ0n) is 12.0. The molecule has 0 saturated heterocycles. The van der Waals surface area contributed by atoms with E-state index in [2.05, 4.69) is 21.2 Å². The summed E-state index contributed by atoms with van der Waals surface area (Å²) in [4.78, 5) is 12.0. The van der Waals surface area contributed by atoms with Crippen LogP contribution in [-0.4, -0.2) is 26.3 Å². The fraction of sp³-hybridized carbons (Fsp3) is 0.133. The number of carbonyl (C=O) groups excluding carboxylic acids is 1. The molecule has 22 heavy (non-hydrogen) atoms. The van der Waals surface area contributed by atoms with E-state index in [0.29, 0.717) is 4.47 Å². The summed E-state index contributed by atoms with van der Waals surface area (Å²) in [5.74, 6) is -2.00. The van der Waals surface area contributed by atoms with E-state index in [9.17, 15) is 25.2 Å². The molecule has 0 atom stereocenters. The maximum absolute atomic E-state index is 12.0. The Bertz CT molecular complexity index is 688. The van der Waals surface area contributed by atoms with Crippen LogP contribution in [0.15, 0.2) is 34.8 Å². The van der Waals surface area contributed by atoms with E-state index < -0.39 is 11.7 Å². The van der Waals surface area contributed by atoms with Crippen molar-refractivity contribution < 1.29 is 25.2 Å². The van der Waals surface area contributed by atoms with Crippen molar-refractivity contribution in [2.45, 2.75) is 13.8 Å². The van der Waals surface area contributed by atoms with E-state index in [1.807, 2.05) is 13.8 Å². The highest BCUT2D eigenvalue weighted by Gasteiger charge is 2.14. The summed E-state index contributed by atoms with van der Waals surface area (Å²) in [6.45, 7) is 4.00. The smallest absolute Gasteiger partial charge is 0.256 e. The van der Waals surface area contributed by atoms with E-state index in [0.717, 1.165) is 6.07 Å². The van der Waals surface area contributed by atoms with Crippen LogP contribution < -0.4 is 5.32 Å². The lowest BCUT2D eigenvalue weighted by atomic mass is 10.2. The van der Waals surface area contributed by atoms with Crippen molar-refractivity contribution in [3.63, 3.8) is 0 Å². The van der Waals surface area contributed by atoms with Gasteiger partial charge in [0.05, 0.1) is 5.56 Å². The summed E-state index contributed by atoms with van der Waals surface area (Å²) in [7, 11) is 0. The monoisotopic (exact) mass is 369 g/mol. The summed E-state index contributed by atoms with van der Waals surface area (Å²) in [6, 6.07) is 6.12. The zero-order valence-corrected chi connectivity index (χ0v) is 13.5. The molecular formula is C15H16BrNO5. The molecule has 0 unspecified atom stereocenters. The number of nitrogens with one attached hydrogen (secondary N) is 1. The third-order valence-corrected chi connectivity index (χ3v) is 3.20. The molecule has 0 saturated carbocycles. The van der Waals surface area contributed by atoms with Gasteiger partial charge < -0.3 is 25.7 Å². The van der Waals surface area contributed by atoms with Crippen molar-refractivity contribution in [2.24, 2.45) is 0 Å². The number of benzene rings is 2. The Kier molecular flexibility index (Phi) is 6.06. The van der Waals surface area contributed by atoms with Crippen LogP contribution in [0.4, 0.5) is 5.69 Å². The second-order valence-corrected chi connectivity index (χ2v) is 4.83. The molecule has 2 aromatic rings. The van der Waals surface area contributed by atoms with Crippen LogP contribution in [0.1, 0.15) is 24.2 Å². The number of hydrogen-bond donors (Lipinski definition) is 5. The first kappa shape index (κ1) is 17.6. The lowest BCUT2D eigenvalue weighted by molar-refractivity contribution is 0.102. The molecule has 5 N–H and O–H groups in total. The van der Waals surface area contributed by atoms with Gasteiger partial charge in [0.1, 0.15) is 0 Å². The minimum absolute atomic E-state index is 0.105. The Labute approximate surface area is 135 Å². The number of rotatable bonds is 2. The minimum Gasteiger partial charge on any atom is -0.504 e. The maximum Gasteiger partial charge on any atom is 0.256 e. The fourth-order valence-electron chi connectivity index (χ4n) is 1.52. The number of aromatic hydroxyl groups is 4. The zero-order chi connectivity index (χ0) is 16.9. The lowest BCUT2D eigenvalue weighted by Crippen LogP contribution is -2.12. The van der Waals surface area contributed by atoms with E-state index in [1.165, 1.54) is 24.3 Å². The highest BCUT2D eigenvalue weighted by atomic mass is 79.9. The Morgan fingerprint density at radius 1 is 0.909 bits per heavy atom. The van der Waals surface area contributed by atoms with Crippen LogP contribution in [-0.2, 0) is 0 Å². The van der Waals surface area contributed by atoms with E-state index in [-0.39, 0.29) is 28.5 Å². The Balaban J connectivity index is 0.00000116. The van der Waals surface area contributed by atoms with Crippen LogP contribution in [0.5, 0.6) is 23.0 Å². The first-order chi connectivity index (χ1) is 10.4. The second-order valence-electron chi connectivity index (χ2n) is 3.98. The van der Waals surface area contributed by atoms with Crippen LogP contribution in [0.3, 0.4) is 0 Å². The topological polar surface area (TPSA) is 110 Å². The van der Waals surface area contributed by atoms with Gasteiger partial charge >= 0.3 is 0 Å². The lowest BCUT2D eigenvalue weighted by Gasteiger charge is -2.09. The Morgan fingerprint density at radius 3 is 2.05 bits per heavy atom. The first-order valence-electron chi connectivity index (χ1n) is 6.43. The number of anilines is 1. The molecule has 7 heteroatoms. The molecule has 0 fully saturated rings. The van der Waals surface area contributed by atoms with Crippen LogP contribution in [0.2, 0.25) is 0 Å². The molecule has 0 radical (unpaired) electrons. The van der Waals surface area contributed by atoms with Gasteiger partial charge in [-0.2, -0.15) is 0 Å². The molecular weight excluding hydrogens is 354 g/mol. The molecule has 0 aromatic heterocycles. The van der Waals surface area contributed by atoms with Gasteiger partial charge in [0.2, 0.25) is 0 Å². The fourth-order valence-corrected chi connectivity index (χ4v) is 2.04. The molecule has 2 rings (SSSR count). The molecule has 0 heterocycles.